The van der Waals surface area contributed by atoms with E-state index in [-0.39, 0.29) is 6.61 Å². The number of benzene rings is 1. The maximum atomic E-state index is 11.8. The van der Waals surface area contributed by atoms with Gasteiger partial charge in [0.2, 0.25) is 5.13 Å². The molecule has 0 aliphatic rings. The number of nitrogens with one attached hydrogen (secondary N) is 1. The number of thiazole rings is 1. The largest absolute Gasteiger partial charge is 0.482 e. The smallest absolute Gasteiger partial charge is 0.344 e. The van der Waals surface area contributed by atoms with Crippen molar-refractivity contribution >= 4 is 38.4 Å². The second kappa shape index (κ2) is 8.35. The van der Waals surface area contributed by atoms with E-state index in [4.69, 9.17) is 9.47 Å². The normalized spacial score (nSPS) is 12.1. The second-order valence-electron chi connectivity index (χ2n) is 7.05. The average molecular weight is 398 g/mol. The molecule has 0 saturated heterocycles. The number of hydrogen-bond acceptors (Lipinski definition) is 8. The van der Waals surface area contributed by atoms with Gasteiger partial charge in [-0.2, -0.15) is 5.10 Å². The van der Waals surface area contributed by atoms with Crippen LogP contribution in [0.15, 0.2) is 47.7 Å². The number of esters is 1. The van der Waals surface area contributed by atoms with Gasteiger partial charge >= 0.3 is 5.97 Å². The molecule has 28 heavy (non-hydrogen) atoms. The highest BCUT2D eigenvalue weighted by Crippen LogP contribution is 2.25. The lowest BCUT2D eigenvalue weighted by Gasteiger charge is -2.19. The predicted octanol–water partition coefficient (Wildman–Crippen LogP) is 4.25. The number of ether oxygens (including phenoxy) is 2. The Balaban J connectivity index is 1.63. The highest BCUT2D eigenvalue weighted by molar-refractivity contribution is 7.22. The molecule has 3 aromatic rings. The lowest BCUT2D eigenvalue weighted by molar-refractivity contribution is -0.157. The molecule has 0 spiro atoms. The van der Waals surface area contributed by atoms with Gasteiger partial charge in [-0.25, -0.2) is 9.78 Å². The topological polar surface area (TPSA) is 85.7 Å². The second-order valence-corrected chi connectivity index (χ2v) is 8.08. The zero-order valence-corrected chi connectivity index (χ0v) is 17.0. The van der Waals surface area contributed by atoms with Gasteiger partial charge < -0.3 is 9.47 Å². The fraction of sp³-hybridized carbons (Fsp3) is 0.300. The minimum absolute atomic E-state index is 0.166. The van der Waals surface area contributed by atoms with Crippen molar-refractivity contribution in [2.24, 2.45) is 5.10 Å². The van der Waals surface area contributed by atoms with E-state index in [1.165, 1.54) is 11.3 Å². The molecular formula is C20H22N4O3S. The summed E-state index contributed by atoms with van der Waals surface area (Å²) in [7, 11) is 0. The number of nitrogens with zero attached hydrogens (tertiary/aromatic N) is 3. The molecule has 0 aliphatic carbocycles. The first-order valence-electron chi connectivity index (χ1n) is 8.77. The summed E-state index contributed by atoms with van der Waals surface area (Å²) in [5.41, 5.74) is 4.66. The minimum Gasteiger partial charge on any atom is -0.482 e. The highest BCUT2D eigenvalue weighted by Gasteiger charge is 2.16. The van der Waals surface area contributed by atoms with Gasteiger partial charge in [-0.1, -0.05) is 23.5 Å². The quantitative estimate of drug-likeness (QED) is 0.380. The molecule has 0 saturated carbocycles. The van der Waals surface area contributed by atoms with Crippen LogP contribution in [0, 0.1) is 0 Å². The van der Waals surface area contributed by atoms with Gasteiger partial charge in [-0.05, 0) is 45.9 Å². The molecule has 146 valence electrons. The molecule has 1 aromatic carbocycles. The number of hydrazone groups is 1. The van der Waals surface area contributed by atoms with Crippen molar-refractivity contribution in [3.63, 3.8) is 0 Å². The number of rotatable bonds is 6. The third-order valence-corrected chi connectivity index (χ3v) is 4.43. The standard InChI is InChI=1S/C20H22N4O3S/c1-13(23-24-19-22-15-7-5-6-8-17(15)28-19)16-11-14(9-10-21-16)26-12-18(25)27-20(2,3)4/h5-11H,12H2,1-4H3,(H,22,24)/b23-13+. The van der Waals surface area contributed by atoms with E-state index in [9.17, 15) is 4.79 Å². The summed E-state index contributed by atoms with van der Waals surface area (Å²) in [6.45, 7) is 7.11. The molecule has 0 unspecified atom stereocenters. The summed E-state index contributed by atoms with van der Waals surface area (Å²) < 4.78 is 11.8. The van der Waals surface area contributed by atoms with E-state index < -0.39 is 11.6 Å². The van der Waals surface area contributed by atoms with E-state index in [2.05, 4.69) is 20.5 Å². The van der Waals surface area contributed by atoms with Crippen LogP contribution in [0.1, 0.15) is 33.4 Å². The van der Waals surface area contributed by atoms with E-state index in [0.29, 0.717) is 22.3 Å². The van der Waals surface area contributed by atoms with Crippen molar-refractivity contribution in [3.05, 3.63) is 48.3 Å². The molecule has 7 nitrogen and oxygen atoms in total. The first kappa shape index (κ1) is 19.8. The number of aromatic nitrogens is 2. The number of carbonyl (C=O) groups excluding carboxylic acids is 1. The van der Waals surface area contributed by atoms with Crippen LogP contribution >= 0.6 is 11.3 Å². The predicted molar refractivity (Wildman–Crippen MR) is 111 cm³/mol. The van der Waals surface area contributed by atoms with Gasteiger partial charge in [0.15, 0.2) is 6.61 Å². The highest BCUT2D eigenvalue weighted by atomic mass is 32.1. The molecule has 0 bridgehead atoms. The van der Waals surface area contributed by atoms with Crippen LogP contribution in [0.2, 0.25) is 0 Å². The van der Waals surface area contributed by atoms with Crippen LogP contribution in [0.5, 0.6) is 5.75 Å². The molecule has 0 aliphatic heterocycles. The van der Waals surface area contributed by atoms with Crippen LogP contribution in [-0.2, 0) is 9.53 Å². The molecule has 0 fully saturated rings. The number of anilines is 1. The molecule has 0 amide bonds. The third-order valence-electron chi connectivity index (χ3n) is 3.49. The first-order valence-corrected chi connectivity index (χ1v) is 9.59. The fourth-order valence-corrected chi connectivity index (χ4v) is 3.13. The van der Waals surface area contributed by atoms with Crippen molar-refractivity contribution in [2.75, 3.05) is 12.0 Å². The molecule has 0 atom stereocenters. The van der Waals surface area contributed by atoms with Gasteiger partial charge in [0.1, 0.15) is 11.4 Å². The molecule has 2 aromatic heterocycles. The molecule has 8 heteroatoms. The summed E-state index contributed by atoms with van der Waals surface area (Å²) in [4.78, 5) is 20.6. The number of para-hydroxylation sites is 1. The maximum Gasteiger partial charge on any atom is 0.344 e. The Morgan fingerprint density at radius 3 is 2.79 bits per heavy atom. The SMILES string of the molecule is C/C(=N\Nc1nc2ccccc2s1)c1cc(OCC(=O)OC(C)(C)C)ccn1. The van der Waals surface area contributed by atoms with Gasteiger partial charge in [-0.3, -0.25) is 10.4 Å². The van der Waals surface area contributed by atoms with E-state index in [0.717, 1.165) is 10.2 Å². The maximum absolute atomic E-state index is 11.8. The molecule has 0 radical (unpaired) electrons. The number of hydrogen-bond donors (Lipinski definition) is 1. The average Bonchev–Trinajstić information content (AvgIpc) is 3.06. The molecule has 1 N–H and O–H groups in total. The van der Waals surface area contributed by atoms with Gasteiger partial charge in [0.05, 0.1) is 21.6 Å². The summed E-state index contributed by atoms with van der Waals surface area (Å²) in [5, 5.41) is 5.06. The monoisotopic (exact) mass is 398 g/mol. The van der Waals surface area contributed by atoms with Crippen LogP contribution in [0.4, 0.5) is 5.13 Å². The van der Waals surface area contributed by atoms with Crippen molar-refractivity contribution in [1.29, 1.82) is 0 Å². The lowest BCUT2D eigenvalue weighted by Crippen LogP contribution is -2.27. The Morgan fingerprint density at radius 2 is 2.04 bits per heavy atom. The van der Waals surface area contributed by atoms with Crippen molar-refractivity contribution in [3.8, 4) is 5.75 Å². The summed E-state index contributed by atoms with van der Waals surface area (Å²) in [6.07, 6.45) is 1.61. The number of fused-ring (bicyclic) bond motifs is 1. The number of carbonyl (C=O) groups is 1. The third kappa shape index (κ3) is 5.50. The zero-order valence-electron chi connectivity index (χ0n) is 16.2. The minimum atomic E-state index is -0.542. The Kier molecular flexibility index (Phi) is 5.89. The van der Waals surface area contributed by atoms with E-state index in [1.807, 2.05) is 52.0 Å². The fourth-order valence-electron chi connectivity index (χ4n) is 2.32. The Hall–Kier alpha value is -3.00. The van der Waals surface area contributed by atoms with Crippen LogP contribution < -0.4 is 10.2 Å². The van der Waals surface area contributed by atoms with Crippen molar-refractivity contribution in [1.82, 2.24) is 9.97 Å². The lowest BCUT2D eigenvalue weighted by atomic mass is 10.2. The summed E-state index contributed by atoms with van der Waals surface area (Å²) in [5.74, 6) is 0.0964. The first-order chi connectivity index (χ1) is 13.3. The molecular weight excluding hydrogens is 376 g/mol. The van der Waals surface area contributed by atoms with Crippen LogP contribution in [0.3, 0.4) is 0 Å². The number of pyridine rings is 1. The van der Waals surface area contributed by atoms with Crippen LogP contribution in [0.25, 0.3) is 10.2 Å². The summed E-state index contributed by atoms with van der Waals surface area (Å²) >= 11 is 1.53. The Labute approximate surface area is 167 Å². The van der Waals surface area contributed by atoms with Crippen molar-refractivity contribution in [2.45, 2.75) is 33.3 Å². The molecule has 2 heterocycles. The Morgan fingerprint density at radius 1 is 1.25 bits per heavy atom. The van der Waals surface area contributed by atoms with Gasteiger partial charge in [-0.15, -0.1) is 0 Å². The van der Waals surface area contributed by atoms with Gasteiger partial charge in [0.25, 0.3) is 0 Å². The van der Waals surface area contributed by atoms with Crippen LogP contribution in [-0.4, -0.2) is 33.9 Å². The Bertz CT molecular complexity index is 975. The zero-order chi connectivity index (χ0) is 20.1. The molecule has 3 rings (SSSR count). The summed E-state index contributed by atoms with van der Waals surface area (Å²) in [6, 6.07) is 11.3. The van der Waals surface area contributed by atoms with E-state index in [1.54, 1.807) is 18.3 Å². The van der Waals surface area contributed by atoms with Crippen molar-refractivity contribution < 1.29 is 14.3 Å². The van der Waals surface area contributed by atoms with Gasteiger partial charge in [0, 0.05) is 12.3 Å². The van der Waals surface area contributed by atoms with E-state index >= 15 is 0 Å².